The normalized spacial score (nSPS) is 17.4. The molecule has 1 aromatic carbocycles. The molecular weight excluding hydrogens is 406 g/mol. The van der Waals surface area contributed by atoms with Crippen molar-refractivity contribution in [2.24, 2.45) is 0 Å². The van der Waals surface area contributed by atoms with Crippen molar-refractivity contribution in [3.05, 3.63) is 108 Å². The molecule has 2 aromatic heterocycles. The molecule has 0 saturated carbocycles. The minimum atomic E-state index is -0.755. The summed E-state index contributed by atoms with van der Waals surface area (Å²) in [6.07, 6.45) is 8.09. The van der Waals surface area contributed by atoms with Gasteiger partial charge in [0, 0.05) is 36.9 Å². The zero-order chi connectivity index (χ0) is 22.5. The molecule has 0 bridgehead atoms. The van der Waals surface area contributed by atoms with Gasteiger partial charge in [-0.2, -0.15) is 0 Å². The Morgan fingerprint density at radius 3 is 2.47 bits per heavy atom. The van der Waals surface area contributed by atoms with Crippen LogP contribution in [0.2, 0.25) is 0 Å². The molecule has 1 N–H and O–H groups in total. The first-order valence-electron chi connectivity index (χ1n) is 10.0. The van der Waals surface area contributed by atoms with Crippen LogP contribution in [-0.2, 0) is 16.1 Å². The van der Waals surface area contributed by atoms with Gasteiger partial charge in [-0.3, -0.25) is 19.6 Å². The fraction of sp³-hybridized carbons (Fsp3) is 0.120. The van der Waals surface area contributed by atoms with E-state index < -0.39 is 17.7 Å². The van der Waals surface area contributed by atoms with E-state index in [0.29, 0.717) is 23.5 Å². The van der Waals surface area contributed by atoms with Gasteiger partial charge in [0.1, 0.15) is 18.1 Å². The number of aliphatic hydroxyl groups is 1. The van der Waals surface area contributed by atoms with Gasteiger partial charge in [0.15, 0.2) is 0 Å². The average Bonchev–Trinajstić information content (AvgIpc) is 3.09. The van der Waals surface area contributed by atoms with Crippen LogP contribution in [0.5, 0.6) is 5.75 Å². The molecule has 1 saturated heterocycles. The van der Waals surface area contributed by atoms with Crippen LogP contribution in [-0.4, -0.2) is 38.3 Å². The summed E-state index contributed by atoms with van der Waals surface area (Å²) in [6, 6.07) is 13.0. The number of carbonyl (C=O) groups excluding carboxylic acids is 2. The van der Waals surface area contributed by atoms with E-state index in [9.17, 15) is 14.7 Å². The Balaban J connectivity index is 1.77. The Hall–Kier alpha value is -4.26. The summed E-state index contributed by atoms with van der Waals surface area (Å²) in [7, 11) is 0. The highest BCUT2D eigenvalue weighted by molar-refractivity contribution is 6.46. The summed E-state index contributed by atoms with van der Waals surface area (Å²) in [5.74, 6) is -1.05. The van der Waals surface area contributed by atoms with Gasteiger partial charge in [-0.25, -0.2) is 0 Å². The van der Waals surface area contributed by atoms with Gasteiger partial charge >= 0.3 is 0 Å². The third kappa shape index (κ3) is 4.13. The number of rotatable bonds is 7. The molecule has 0 unspecified atom stereocenters. The highest BCUT2D eigenvalue weighted by atomic mass is 16.5. The maximum Gasteiger partial charge on any atom is 0.295 e. The lowest BCUT2D eigenvalue weighted by atomic mass is 9.96. The summed E-state index contributed by atoms with van der Waals surface area (Å²) < 4.78 is 5.47. The van der Waals surface area contributed by atoms with Crippen molar-refractivity contribution >= 4 is 17.4 Å². The molecule has 0 aliphatic carbocycles. The number of pyridine rings is 2. The summed E-state index contributed by atoms with van der Waals surface area (Å²) in [6.45, 7) is 4.14. The predicted octanol–water partition coefficient (Wildman–Crippen LogP) is 3.66. The number of carbonyl (C=O) groups is 2. The summed E-state index contributed by atoms with van der Waals surface area (Å²) in [5, 5.41) is 11.1. The lowest BCUT2D eigenvalue weighted by Gasteiger charge is -2.25. The van der Waals surface area contributed by atoms with Crippen molar-refractivity contribution in [3.63, 3.8) is 0 Å². The van der Waals surface area contributed by atoms with E-state index in [2.05, 4.69) is 16.5 Å². The first-order valence-corrected chi connectivity index (χ1v) is 10.0. The van der Waals surface area contributed by atoms with Crippen molar-refractivity contribution in [3.8, 4) is 5.75 Å². The number of nitrogens with zero attached hydrogens (tertiary/aromatic N) is 3. The first kappa shape index (κ1) is 21.0. The number of aromatic nitrogens is 2. The smallest absolute Gasteiger partial charge is 0.295 e. The van der Waals surface area contributed by atoms with Gasteiger partial charge in [-0.15, -0.1) is 0 Å². The second-order valence-corrected chi connectivity index (χ2v) is 7.19. The van der Waals surface area contributed by atoms with Gasteiger partial charge in [-0.1, -0.05) is 18.7 Å². The highest BCUT2D eigenvalue weighted by Crippen LogP contribution is 2.40. The summed E-state index contributed by atoms with van der Waals surface area (Å²) >= 11 is 0. The van der Waals surface area contributed by atoms with Crippen LogP contribution >= 0.6 is 0 Å². The number of aliphatic hydroxyl groups excluding tert-OH is 1. The van der Waals surface area contributed by atoms with Crippen molar-refractivity contribution in [1.82, 2.24) is 14.9 Å². The molecular formula is C25H21N3O4. The second-order valence-electron chi connectivity index (χ2n) is 7.19. The molecule has 1 fully saturated rings. The Labute approximate surface area is 185 Å². The van der Waals surface area contributed by atoms with Crippen LogP contribution in [0.1, 0.15) is 22.7 Å². The number of benzene rings is 1. The molecule has 1 aliphatic heterocycles. The van der Waals surface area contributed by atoms with E-state index in [1.54, 1.807) is 73.3 Å². The second kappa shape index (κ2) is 9.26. The number of likely N-dealkylation sites (tertiary alicyclic amines) is 1. The molecule has 1 amide bonds. The third-order valence-corrected chi connectivity index (χ3v) is 5.13. The quantitative estimate of drug-likeness (QED) is 0.268. The maximum absolute atomic E-state index is 13.0. The van der Waals surface area contributed by atoms with E-state index in [1.807, 2.05) is 6.07 Å². The largest absolute Gasteiger partial charge is 0.507 e. The molecule has 160 valence electrons. The van der Waals surface area contributed by atoms with Gasteiger partial charge in [-0.05, 0) is 53.6 Å². The van der Waals surface area contributed by atoms with E-state index in [0.717, 1.165) is 5.56 Å². The summed E-state index contributed by atoms with van der Waals surface area (Å²) in [5.41, 5.74) is 1.90. The van der Waals surface area contributed by atoms with Crippen molar-refractivity contribution < 1.29 is 19.4 Å². The maximum atomic E-state index is 13.0. The fourth-order valence-corrected chi connectivity index (χ4v) is 3.64. The Morgan fingerprint density at radius 2 is 1.81 bits per heavy atom. The van der Waals surface area contributed by atoms with Crippen LogP contribution in [0.4, 0.5) is 0 Å². The van der Waals surface area contributed by atoms with Crippen LogP contribution in [0, 0.1) is 0 Å². The zero-order valence-corrected chi connectivity index (χ0v) is 17.2. The van der Waals surface area contributed by atoms with Gasteiger partial charge in [0.25, 0.3) is 11.7 Å². The number of ketones is 1. The van der Waals surface area contributed by atoms with E-state index >= 15 is 0 Å². The van der Waals surface area contributed by atoms with E-state index in [4.69, 9.17) is 4.74 Å². The van der Waals surface area contributed by atoms with Crippen molar-refractivity contribution in [2.75, 3.05) is 6.61 Å². The molecule has 0 radical (unpaired) electrons. The average molecular weight is 427 g/mol. The molecule has 3 aromatic rings. The number of ether oxygens (including phenoxy) is 1. The molecule has 0 spiro atoms. The molecule has 1 aliphatic rings. The highest BCUT2D eigenvalue weighted by Gasteiger charge is 2.46. The van der Waals surface area contributed by atoms with Crippen molar-refractivity contribution in [1.29, 1.82) is 0 Å². The molecule has 3 heterocycles. The van der Waals surface area contributed by atoms with Crippen LogP contribution in [0.3, 0.4) is 0 Å². The number of amides is 1. The van der Waals surface area contributed by atoms with E-state index in [-0.39, 0.29) is 17.9 Å². The molecule has 32 heavy (non-hydrogen) atoms. The molecule has 4 rings (SSSR count). The van der Waals surface area contributed by atoms with Gasteiger partial charge in [0.05, 0.1) is 11.6 Å². The monoisotopic (exact) mass is 427 g/mol. The van der Waals surface area contributed by atoms with Crippen LogP contribution in [0.25, 0.3) is 5.76 Å². The Bertz CT molecular complexity index is 1160. The SMILES string of the molecule is C=CCOc1ccc(/C(O)=C2\C(=O)C(=O)N(Cc3cccnc3)[C@H]2c2ccncc2)cc1. The minimum Gasteiger partial charge on any atom is -0.507 e. The fourth-order valence-electron chi connectivity index (χ4n) is 3.64. The van der Waals surface area contributed by atoms with Crippen LogP contribution in [0.15, 0.2) is 91.5 Å². The van der Waals surface area contributed by atoms with Gasteiger partial charge < -0.3 is 14.7 Å². The van der Waals surface area contributed by atoms with Crippen LogP contribution < -0.4 is 4.74 Å². The molecule has 1 atom stereocenters. The number of hydrogen-bond donors (Lipinski definition) is 1. The lowest BCUT2D eigenvalue weighted by Crippen LogP contribution is -2.29. The standard InChI is InChI=1S/C25H21N3O4/c1-2-14-32-20-7-5-19(6-8-20)23(29)21-22(18-9-12-26-13-10-18)28(25(31)24(21)30)16-17-4-3-11-27-15-17/h2-13,15,22,29H,1,14,16H2/b23-21+/t22-/m0/s1. The lowest BCUT2D eigenvalue weighted by molar-refractivity contribution is -0.140. The topological polar surface area (TPSA) is 92.6 Å². The Morgan fingerprint density at radius 1 is 1.06 bits per heavy atom. The number of hydrogen-bond acceptors (Lipinski definition) is 6. The molecule has 7 heteroatoms. The first-order chi connectivity index (χ1) is 15.6. The number of Topliss-reactive ketones (excluding diaryl/α,β-unsaturated/α-hetero) is 1. The Kier molecular flexibility index (Phi) is 6.07. The zero-order valence-electron chi connectivity index (χ0n) is 17.2. The minimum absolute atomic E-state index is 0.0323. The van der Waals surface area contributed by atoms with Crippen molar-refractivity contribution in [2.45, 2.75) is 12.6 Å². The predicted molar refractivity (Wildman–Crippen MR) is 118 cm³/mol. The van der Waals surface area contributed by atoms with E-state index in [1.165, 1.54) is 4.90 Å². The van der Waals surface area contributed by atoms with Gasteiger partial charge in [0.2, 0.25) is 0 Å². The molecule has 7 nitrogen and oxygen atoms in total. The summed E-state index contributed by atoms with van der Waals surface area (Å²) in [4.78, 5) is 35.6. The third-order valence-electron chi connectivity index (χ3n) is 5.13.